The van der Waals surface area contributed by atoms with Gasteiger partial charge in [0.2, 0.25) is 0 Å². The summed E-state index contributed by atoms with van der Waals surface area (Å²) in [6.07, 6.45) is 3.29. The molecule has 0 fully saturated rings. The van der Waals surface area contributed by atoms with Crippen LogP contribution in [0.25, 0.3) is 10.8 Å². The lowest BCUT2D eigenvalue weighted by Crippen LogP contribution is -2.05. The first kappa shape index (κ1) is 17.0. The highest BCUT2D eigenvalue weighted by atomic mass is 16.5. The molecule has 0 aliphatic heterocycles. The molecule has 3 nitrogen and oxygen atoms in total. The first-order valence-corrected chi connectivity index (χ1v) is 8.75. The molecule has 0 saturated heterocycles. The van der Waals surface area contributed by atoms with Gasteiger partial charge in [0.1, 0.15) is 5.75 Å². The molecule has 0 saturated carbocycles. The zero-order chi connectivity index (χ0) is 17.6. The summed E-state index contributed by atoms with van der Waals surface area (Å²) in [6, 6.07) is 19.0. The van der Waals surface area contributed by atoms with Crippen molar-refractivity contribution in [2.24, 2.45) is 0 Å². The average molecular weight is 333 g/mol. The van der Waals surface area contributed by atoms with E-state index < -0.39 is 0 Å². The van der Waals surface area contributed by atoms with Gasteiger partial charge in [-0.25, -0.2) is 0 Å². The fraction of sp³-hybridized carbons (Fsp3) is 0.227. The third-order valence-electron chi connectivity index (χ3n) is 4.31. The van der Waals surface area contributed by atoms with Gasteiger partial charge in [-0.15, -0.1) is 0 Å². The smallest absolute Gasteiger partial charge is 0.193 e. The van der Waals surface area contributed by atoms with E-state index in [4.69, 9.17) is 10.5 Å². The fourth-order valence-electron chi connectivity index (χ4n) is 2.93. The van der Waals surface area contributed by atoms with Gasteiger partial charge in [-0.3, -0.25) is 4.79 Å². The van der Waals surface area contributed by atoms with Crippen molar-refractivity contribution >= 4 is 22.2 Å². The number of hydrogen-bond acceptors (Lipinski definition) is 3. The molecule has 0 atom stereocenters. The fourth-order valence-corrected chi connectivity index (χ4v) is 2.93. The zero-order valence-electron chi connectivity index (χ0n) is 14.5. The number of unbranched alkanes of at least 4 members (excludes halogenated alkanes) is 2. The van der Waals surface area contributed by atoms with Crippen LogP contribution in [0.3, 0.4) is 0 Å². The second-order valence-electron chi connectivity index (χ2n) is 6.16. The largest absolute Gasteiger partial charge is 0.491 e. The first-order chi connectivity index (χ1) is 12.2. The van der Waals surface area contributed by atoms with Gasteiger partial charge >= 0.3 is 0 Å². The number of carbonyl (C=O) groups excluding carboxylic acids is 1. The highest BCUT2D eigenvalue weighted by Crippen LogP contribution is 2.26. The maximum atomic E-state index is 12.9. The Labute approximate surface area is 148 Å². The van der Waals surface area contributed by atoms with Crippen molar-refractivity contribution in [3.63, 3.8) is 0 Å². The number of fused-ring (bicyclic) bond motifs is 1. The van der Waals surface area contributed by atoms with Crippen molar-refractivity contribution in [3.05, 3.63) is 71.8 Å². The van der Waals surface area contributed by atoms with Crippen molar-refractivity contribution in [2.75, 3.05) is 12.3 Å². The highest BCUT2D eigenvalue weighted by Gasteiger charge is 2.14. The van der Waals surface area contributed by atoms with Gasteiger partial charge in [-0.2, -0.15) is 0 Å². The number of benzene rings is 3. The lowest BCUT2D eigenvalue weighted by Gasteiger charge is -2.11. The molecule has 3 aromatic rings. The van der Waals surface area contributed by atoms with Crippen LogP contribution in [-0.4, -0.2) is 12.4 Å². The molecule has 2 N–H and O–H groups in total. The molecular weight excluding hydrogens is 310 g/mol. The minimum absolute atomic E-state index is 0.0268. The van der Waals surface area contributed by atoms with Crippen molar-refractivity contribution < 1.29 is 9.53 Å². The van der Waals surface area contributed by atoms with E-state index in [-0.39, 0.29) is 5.78 Å². The number of anilines is 1. The van der Waals surface area contributed by atoms with Crippen LogP contribution in [0.5, 0.6) is 5.75 Å². The highest BCUT2D eigenvalue weighted by molar-refractivity contribution is 6.16. The topological polar surface area (TPSA) is 52.3 Å². The van der Waals surface area contributed by atoms with Gasteiger partial charge in [-0.1, -0.05) is 62.2 Å². The summed E-state index contributed by atoms with van der Waals surface area (Å²) >= 11 is 0. The van der Waals surface area contributed by atoms with Crippen LogP contribution in [0.2, 0.25) is 0 Å². The minimum Gasteiger partial charge on any atom is -0.491 e. The Hall–Kier alpha value is -2.81. The van der Waals surface area contributed by atoms with Crippen LogP contribution in [0.1, 0.15) is 42.1 Å². The van der Waals surface area contributed by atoms with E-state index in [0.717, 1.165) is 30.0 Å². The molecule has 0 aromatic heterocycles. The van der Waals surface area contributed by atoms with Gasteiger partial charge in [0.15, 0.2) is 5.78 Å². The van der Waals surface area contributed by atoms with Gasteiger partial charge in [0, 0.05) is 11.1 Å². The van der Waals surface area contributed by atoms with Crippen molar-refractivity contribution in [3.8, 4) is 5.75 Å². The standard InChI is InChI=1S/C22H23NO2/c1-2-3-6-14-25-21-13-12-17(15-20(21)23)22(24)19-11-7-9-16-8-4-5-10-18(16)19/h4-5,7-13,15H,2-3,6,14,23H2,1H3. The molecule has 128 valence electrons. The Kier molecular flexibility index (Phi) is 5.34. The lowest BCUT2D eigenvalue weighted by atomic mass is 9.97. The lowest BCUT2D eigenvalue weighted by molar-refractivity contribution is 0.104. The SMILES string of the molecule is CCCCCOc1ccc(C(=O)c2cccc3ccccc23)cc1N. The summed E-state index contributed by atoms with van der Waals surface area (Å²) < 4.78 is 5.71. The predicted octanol–water partition coefficient (Wildman–Crippen LogP) is 5.22. The third-order valence-corrected chi connectivity index (χ3v) is 4.31. The van der Waals surface area contributed by atoms with E-state index in [1.807, 2.05) is 42.5 Å². The second kappa shape index (κ2) is 7.84. The Morgan fingerprint density at radius 2 is 1.80 bits per heavy atom. The average Bonchev–Trinajstić information content (AvgIpc) is 2.65. The van der Waals surface area contributed by atoms with Crippen LogP contribution in [-0.2, 0) is 0 Å². The van der Waals surface area contributed by atoms with Crippen molar-refractivity contribution in [1.82, 2.24) is 0 Å². The van der Waals surface area contributed by atoms with E-state index in [0.29, 0.717) is 29.2 Å². The molecule has 25 heavy (non-hydrogen) atoms. The molecule has 3 aromatic carbocycles. The maximum Gasteiger partial charge on any atom is 0.193 e. The van der Waals surface area contributed by atoms with Crippen molar-refractivity contribution in [1.29, 1.82) is 0 Å². The molecule has 0 amide bonds. The van der Waals surface area contributed by atoms with E-state index in [1.54, 1.807) is 18.2 Å². The predicted molar refractivity (Wildman–Crippen MR) is 103 cm³/mol. The maximum absolute atomic E-state index is 12.9. The first-order valence-electron chi connectivity index (χ1n) is 8.75. The number of nitrogens with two attached hydrogens (primary N) is 1. The second-order valence-corrected chi connectivity index (χ2v) is 6.16. The molecular formula is C22H23NO2. The molecule has 0 aliphatic rings. The summed E-state index contributed by atoms with van der Waals surface area (Å²) in [5.74, 6) is 0.617. The molecule has 0 bridgehead atoms. The van der Waals surface area contributed by atoms with E-state index >= 15 is 0 Å². The Morgan fingerprint density at radius 1 is 1.00 bits per heavy atom. The molecule has 3 rings (SSSR count). The van der Waals surface area contributed by atoms with E-state index in [9.17, 15) is 4.79 Å². The molecule has 0 heterocycles. The molecule has 0 radical (unpaired) electrons. The summed E-state index contributed by atoms with van der Waals surface area (Å²) in [4.78, 5) is 12.9. The molecule has 0 aliphatic carbocycles. The monoisotopic (exact) mass is 333 g/mol. The van der Waals surface area contributed by atoms with Gasteiger partial charge in [0.05, 0.1) is 12.3 Å². The van der Waals surface area contributed by atoms with Gasteiger partial charge < -0.3 is 10.5 Å². The molecule has 0 spiro atoms. The molecule has 3 heteroatoms. The van der Waals surface area contributed by atoms with Crippen LogP contribution in [0.15, 0.2) is 60.7 Å². The summed E-state index contributed by atoms with van der Waals surface area (Å²) in [6.45, 7) is 2.80. The van der Waals surface area contributed by atoms with Crippen LogP contribution >= 0.6 is 0 Å². The number of nitrogen functional groups attached to an aromatic ring is 1. The Morgan fingerprint density at radius 3 is 2.60 bits per heavy atom. The van der Waals surface area contributed by atoms with Crippen LogP contribution < -0.4 is 10.5 Å². The number of rotatable bonds is 7. The summed E-state index contributed by atoms with van der Waals surface area (Å²) in [5.41, 5.74) is 7.86. The molecule has 0 unspecified atom stereocenters. The van der Waals surface area contributed by atoms with Crippen molar-refractivity contribution in [2.45, 2.75) is 26.2 Å². The number of ketones is 1. The number of carbonyl (C=O) groups is 1. The van der Waals surface area contributed by atoms with E-state index in [1.165, 1.54) is 0 Å². The Balaban J connectivity index is 1.84. The normalized spacial score (nSPS) is 10.8. The quantitative estimate of drug-likeness (QED) is 0.366. The number of ether oxygens (including phenoxy) is 1. The van der Waals surface area contributed by atoms with E-state index in [2.05, 4.69) is 6.92 Å². The van der Waals surface area contributed by atoms with Gasteiger partial charge in [0.25, 0.3) is 0 Å². The van der Waals surface area contributed by atoms with Crippen LogP contribution in [0.4, 0.5) is 5.69 Å². The third kappa shape index (κ3) is 3.82. The summed E-state index contributed by atoms with van der Waals surface area (Å²) in [7, 11) is 0. The Bertz CT molecular complexity index is 881. The van der Waals surface area contributed by atoms with Gasteiger partial charge in [-0.05, 0) is 35.4 Å². The van der Waals surface area contributed by atoms with Crippen LogP contribution in [0, 0.1) is 0 Å². The number of hydrogen-bond donors (Lipinski definition) is 1. The minimum atomic E-state index is -0.0268. The summed E-state index contributed by atoms with van der Waals surface area (Å²) in [5, 5.41) is 2.01. The zero-order valence-corrected chi connectivity index (χ0v) is 14.5.